The summed E-state index contributed by atoms with van der Waals surface area (Å²) >= 11 is 6.04. The van der Waals surface area contributed by atoms with Crippen LogP contribution in [0.1, 0.15) is 19.3 Å². The average Bonchev–Trinajstić information content (AvgIpc) is 2.50. The summed E-state index contributed by atoms with van der Waals surface area (Å²) in [6, 6.07) is 0. The summed E-state index contributed by atoms with van der Waals surface area (Å²) in [6.45, 7) is 3.56. The smallest absolute Gasteiger partial charge is 0.242 e. The van der Waals surface area contributed by atoms with Gasteiger partial charge in [0.1, 0.15) is 0 Å². The van der Waals surface area contributed by atoms with Crippen molar-refractivity contribution >= 4 is 29.4 Å². The van der Waals surface area contributed by atoms with Crippen molar-refractivity contribution in [3.63, 3.8) is 0 Å². The van der Waals surface area contributed by atoms with Gasteiger partial charge in [0.2, 0.25) is 23.1 Å². The van der Waals surface area contributed by atoms with Gasteiger partial charge in [0.15, 0.2) is 0 Å². The van der Waals surface area contributed by atoms with Gasteiger partial charge in [-0.15, -0.1) is 0 Å². The van der Waals surface area contributed by atoms with E-state index in [2.05, 4.69) is 19.9 Å². The van der Waals surface area contributed by atoms with Gasteiger partial charge < -0.3 is 14.7 Å². The fourth-order valence-electron chi connectivity index (χ4n) is 2.64. The summed E-state index contributed by atoms with van der Waals surface area (Å²) < 4.78 is 0. The monoisotopic (exact) mass is 310 g/mol. The number of anilines is 2. The van der Waals surface area contributed by atoms with Gasteiger partial charge in [-0.25, -0.2) is 0 Å². The first kappa shape index (κ1) is 14.3. The average molecular weight is 311 g/mol. The van der Waals surface area contributed by atoms with E-state index >= 15 is 0 Å². The predicted molar refractivity (Wildman–Crippen MR) is 80.8 cm³/mol. The van der Waals surface area contributed by atoms with E-state index in [-0.39, 0.29) is 17.7 Å². The number of carbonyl (C=O) groups excluding carboxylic acids is 1. The van der Waals surface area contributed by atoms with Crippen LogP contribution >= 0.6 is 11.6 Å². The molecule has 0 aromatic carbocycles. The van der Waals surface area contributed by atoms with Crippen LogP contribution in [0.3, 0.4) is 0 Å². The highest BCUT2D eigenvalue weighted by Crippen LogP contribution is 2.21. The molecule has 0 unspecified atom stereocenters. The number of rotatable bonds is 2. The predicted octanol–water partition coefficient (Wildman–Crippen LogP) is 0.794. The number of amides is 1. The van der Waals surface area contributed by atoms with Crippen LogP contribution in [0, 0.1) is 0 Å². The van der Waals surface area contributed by atoms with Gasteiger partial charge >= 0.3 is 0 Å². The minimum absolute atomic E-state index is 0.0670. The standard InChI is InChI=1S/C13H19ClN6O/c1-18-7-8-20(9-10(18)21)13-16-11(14)15-12(17-13)19-5-3-2-4-6-19/h2-9H2,1H3. The number of carbonyl (C=O) groups is 1. The molecule has 3 heterocycles. The lowest BCUT2D eigenvalue weighted by Gasteiger charge is -2.32. The van der Waals surface area contributed by atoms with Crippen molar-refractivity contribution in [2.45, 2.75) is 19.3 Å². The number of hydrogen-bond acceptors (Lipinski definition) is 6. The minimum atomic E-state index is 0.0670. The molecule has 2 saturated heterocycles. The van der Waals surface area contributed by atoms with Crippen molar-refractivity contribution in [1.29, 1.82) is 0 Å². The maximum Gasteiger partial charge on any atom is 0.242 e. The maximum atomic E-state index is 11.8. The number of hydrogen-bond donors (Lipinski definition) is 0. The summed E-state index contributed by atoms with van der Waals surface area (Å²) in [7, 11) is 1.80. The number of nitrogens with zero attached hydrogens (tertiary/aromatic N) is 6. The van der Waals surface area contributed by atoms with Crippen molar-refractivity contribution in [1.82, 2.24) is 19.9 Å². The second-order valence-electron chi connectivity index (χ2n) is 5.49. The summed E-state index contributed by atoms with van der Waals surface area (Å²) in [6.07, 6.45) is 3.53. The van der Waals surface area contributed by atoms with Crippen molar-refractivity contribution < 1.29 is 4.79 Å². The number of piperidine rings is 1. The van der Waals surface area contributed by atoms with E-state index in [1.807, 2.05) is 4.90 Å². The Morgan fingerprint density at radius 2 is 1.57 bits per heavy atom. The Balaban J connectivity index is 1.82. The maximum absolute atomic E-state index is 11.8. The first-order valence-electron chi connectivity index (χ1n) is 7.29. The van der Waals surface area contributed by atoms with E-state index in [1.165, 1.54) is 6.42 Å². The van der Waals surface area contributed by atoms with Gasteiger partial charge in [-0.3, -0.25) is 4.79 Å². The van der Waals surface area contributed by atoms with Crippen LogP contribution in [0.25, 0.3) is 0 Å². The second-order valence-corrected chi connectivity index (χ2v) is 5.83. The van der Waals surface area contributed by atoms with E-state index in [0.29, 0.717) is 25.0 Å². The van der Waals surface area contributed by atoms with E-state index in [1.54, 1.807) is 11.9 Å². The van der Waals surface area contributed by atoms with Gasteiger partial charge in [0.05, 0.1) is 6.54 Å². The molecule has 0 spiro atoms. The third kappa shape index (κ3) is 3.18. The molecular weight excluding hydrogens is 292 g/mol. The summed E-state index contributed by atoms with van der Waals surface area (Å²) in [5.41, 5.74) is 0. The van der Waals surface area contributed by atoms with Crippen LogP contribution in [-0.4, -0.2) is 65.5 Å². The number of likely N-dealkylation sites (N-methyl/N-ethyl adjacent to an activating group) is 1. The molecule has 3 rings (SSSR count). The molecule has 114 valence electrons. The van der Waals surface area contributed by atoms with E-state index in [4.69, 9.17) is 11.6 Å². The lowest BCUT2D eigenvalue weighted by molar-refractivity contribution is -0.129. The van der Waals surface area contributed by atoms with Crippen molar-refractivity contribution in [3.8, 4) is 0 Å². The van der Waals surface area contributed by atoms with Gasteiger partial charge in [-0.1, -0.05) is 0 Å². The molecule has 1 aromatic heterocycles. The van der Waals surface area contributed by atoms with Crippen LogP contribution in [0.4, 0.5) is 11.9 Å². The van der Waals surface area contributed by atoms with Gasteiger partial charge in [0, 0.05) is 33.2 Å². The largest absolute Gasteiger partial charge is 0.342 e. The molecule has 0 saturated carbocycles. The number of piperazine rings is 1. The van der Waals surface area contributed by atoms with Crippen molar-refractivity contribution in [2.24, 2.45) is 0 Å². The van der Waals surface area contributed by atoms with Crippen molar-refractivity contribution in [2.75, 3.05) is 49.6 Å². The molecular formula is C13H19ClN6O. The summed E-state index contributed by atoms with van der Waals surface area (Å²) in [5, 5.41) is 0.187. The molecule has 2 aliphatic heterocycles. The van der Waals surface area contributed by atoms with Crippen LogP contribution in [0.5, 0.6) is 0 Å². The lowest BCUT2D eigenvalue weighted by Crippen LogP contribution is -2.49. The highest BCUT2D eigenvalue weighted by molar-refractivity contribution is 6.28. The minimum Gasteiger partial charge on any atom is -0.342 e. The molecule has 0 N–H and O–H groups in total. The zero-order valence-corrected chi connectivity index (χ0v) is 12.9. The van der Waals surface area contributed by atoms with Gasteiger partial charge in [-0.05, 0) is 30.9 Å². The first-order chi connectivity index (χ1) is 10.1. The van der Waals surface area contributed by atoms with Crippen LogP contribution in [0.2, 0.25) is 5.28 Å². The second kappa shape index (κ2) is 6.01. The fraction of sp³-hybridized carbons (Fsp3) is 0.692. The van der Waals surface area contributed by atoms with Gasteiger partial charge in [0.25, 0.3) is 0 Å². The molecule has 2 fully saturated rings. The van der Waals surface area contributed by atoms with Crippen LogP contribution in [-0.2, 0) is 4.79 Å². The fourth-order valence-corrected chi connectivity index (χ4v) is 2.79. The van der Waals surface area contributed by atoms with Crippen LogP contribution in [0.15, 0.2) is 0 Å². The zero-order valence-electron chi connectivity index (χ0n) is 12.1. The molecule has 1 aromatic rings. The SMILES string of the molecule is CN1CCN(c2nc(Cl)nc(N3CCCCC3)n2)CC1=O. The summed E-state index contributed by atoms with van der Waals surface area (Å²) in [5.74, 6) is 1.19. The third-order valence-corrected chi connectivity index (χ3v) is 4.13. The highest BCUT2D eigenvalue weighted by Gasteiger charge is 2.25. The molecule has 8 heteroatoms. The Labute approximate surface area is 128 Å². The topological polar surface area (TPSA) is 65.5 Å². The Kier molecular flexibility index (Phi) is 4.10. The molecule has 7 nitrogen and oxygen atoms in total. The first-order valence-corrected chi connectivity index (χ1v) is 7.67. The van der Waals surface area contributed by atoms with E-state index < -0.39 is 0 Å². The Hall–Kier alpha value is -1.63. The molecule has 2 aliphatic rings. The van der Waals surface area contributed by atoms with Gasteiger partial charge in [-0.2, -0.15) is 15.0 Å². The zero-order chi connectivity index (χ0) is 14.8. The molecule has 0 atom stereocenters. The van der Waals surface area contributed by atoms with Crippen LogP contribution < -0.4 is 9.80 Å². The number of halogens is 1. The Morgan fingerprint density at radius 1 is 0.905 bits per heavy atom. The van der Waals surface area contributed by atoms with Crippen molar-refractivity contribution in [3.05, 3.63) is 5.28 Å². The normalized spacial score (nSPS) is 20.1. The molecule has 0 bridgehead atoms. The third-order valence-electron chi connectivity index (χ3n) is 3.96. The lowest BCUT2D eigenvalue weighted by atomic mass is 10.1. The summed E-state index contributed by atoms with van der Waals surface area (Å²) in [4.78, 5) is 30.5. The molecule has 0 aliphatic carbocycles. The molecule has 1 amide bonds. The quantitative estimate of drug-likeness (QED) is 0.805. The highest BCUT2D eigenvalue weighted by atomic mass is 35.5. The van der Waals surface area contributed by atoms with E-state index in [9.17, 15) is 4.79 Å². The Bertz CT molecular complexity index is 533. The van der Waals surface area contributed by atoms with E-state index in [0.717, 1.165) is 25.9 Å². The Morgan fingerprint density at radius 3 is 2.24 bits per heavy atom. The molecule has 0 radical (unpaired) electrons. The number of aromatic nitrogens is 3. The molecule has 21 heavy (non-hydrogen) atoms.